The number of aliphatic hydroxyl groups is 1. The van der Waals surface area contributed by atoms with Crippen LogP contribution in [0.25, 0.3) is 0 Å². The van der Waals surface area contributed by atoms with Crippen LogP contribution in [0.1, 0.15) is 40.0 Å². The largest absolute Gasteiger partial charge is 0.390 e. The Labute approximate surface area is 137 Å². The number of carbonyl (C=O) groups excluding carboxylic acids is 3. The molecule has 0 heterocycles. The van der Waals surface area contributed by atoms with E-state index in [0.717, 1.165) is 4.90 Å². The zero-order valence-corrected chi connectivity index (χ0v) is 14.7. The quantitative estimate of drug-likeness (QED) is 0.501. The Hall–Kier alpha value is -1.67. The molecule has 8 heteroatoms. The second kappa shape index (κ2) is 8.83. The Morgan fingerprint density at radius 2 is 1.65 bits per heavy atom. The Balaban J connectivity index is 5.26. The minimum absolute atomic E-state index is 0.00547. The standard InChI is InChI=1S/C15H30N4O4/c1-6-7-12(20)18(4)11(9-16)14(22)19(5)10(13(17)21)8-15(2,3)23/h10-11,23H,6-9,16H2,1-5H3,(H2,17,21)/t10-,11+/m0/s1. The summed E-state index contributed by atoms with van der Waals surface area (Å²) in [5.41, 5.74) is 9.82. The molecule has 0 fully saturated rings. The molecule has 0 saturated carbocycles. The van der Waals surface area contributed by atoms with Crippen molar-refractivity contribution in [1.29, 1.82) is 0 Å². The van der Waals surface area contributed by atoms with Gasteiger partial charge in [0.05, 0.1) is 5.60 Å². The molecule has 8 nitrogen and oxygen atoms in total. The summed E-state index contributed by atoms with van der Waals surface area (Å²) in [6.45, 7) is 4.85. The highest BCUT2D eigenvalue weighted by Crippen LogP contribution is 2.16. The highest BCUT2D eigenvalue weighted by atomic mass is 16.3. The van der Waals surface area contributed by atoms with Gasteiger partial charge in [-0.1, -0.05) is 6.92 Å². The number of nitrogens with two attached hydrogens (primary N) is 2. The third-order valence-electron chi connectivity index (χ3n) is 3.67. The third-order valence-corrected chi connectivity index (χ3v) is 3.67. The fourth-order valence-corrected chi connectivity index (χ4v) is 2.28. The molecular weight excluding hydrogens is 300 g/mol. The molecule has 0 bridgehead atoms. The summed E-state index contributed by atoms with van der Waals surface area (Å²) in [7, 11) is 2.93. The lowest BCUT2D eigenvalue weighted by molar-refractivity contribution is -0.147. The maximum absolute atomic E-state index is 12.6. The number of hydrogen-bond acceptors (Lipinski definition) is 5. The summed E-state index contributed by atoms with van der Waals surface area (Å²) < 4.78 is 0. The molecule has 0 spiro atoms. The van der Waals surface area contributed by atoms with Crippen molar-refractivity contribution in [2.45, 2.75) is 57.7 Å². The zero-order chi connectivity index (χ0) is 18.4. The molecule has 0 aliphatic heterocycles. The molecule has 134 valence electrons. The van der Waals surface area contributed by atoms with Crippen molar-refractivity contribution in [2.75, 3.05) is 20.6 Å². The number of hydrogen-bond donors (Lipinski definition) is 3. The minimum Gasteiger partial charge on any atom is -0.390 e. The van der Waals surface area contributed by atoms with Crippen molar-refractivity contribution in [1.82, 2.24) is 9.80 Å². The van der Waals surface area contributed by atoms with Crippen LogP contribution in [-0.4, -0.2) is 71.0 Å². The molecule has 0 aromatic carbocycles. The van der Waals surface area contributed by atoms with Gasteiger partial charge in [-0.3, -0.25) is 14.4 Å². The van der Waals surface area contributed by atoms with Crippen LogP contribution >= 0.6 is 0 Å². The van der Waals surface area contributed by atoms with Crippen molar-refractivity contribution in [2.24, 2.45) is 11.5 Å². The first kappa shape index (κ1) is 21.3. The Morgan fingerprint density at radius 3 is 2.00 bits per heavy atom. The molecule has 5 N–H and O–H groups in total. The molecule has 0 aromatic heterocycles. The van der Waals surface area contributed by atoms with Gasteiger partial charge in [-0.05, 0) is 20.3 Å². The molecular formula is C15H30N4O4. The number of rotatable bonds is 9. The molecule has 0 rings (SSSR count). The minimum atomic E-state index is -1.17. The number of amides is 3. The van der Waals surface area contributed by atoms with E-state index in [2.05, 4.69) is 0 Å². The second-order valence-corrected chi connectivity index (χ2v) is 6.39. The van der Waals surface area contributed by atoms with Gasteiger partial charge < -0.3 is 26.4 Å². The normalized spacial score (nSPS) is 14.0. The van der Waals surface area contributed by atoms with E-state index in [-0.39, 0.29) is 18.9 Å². The average Bonchev–Trinajstić information content (AvgIpc) is 2.43. The van der Waals surface area contributed by atoms with Crippen molar-refractivity contribution < 1.29 is 19.5 Å². The van der Waals surface area contributed by atoms with Crippen LogP contribution in [0.4, 0.5) is 0 Å². The summed E-state index contributed by atoms with van der Waals surface area (Å²) in [5.74, 6) is -1.39. The van der Waals surface area contributed by atoms with Gasteiger partial charge in [-0.2, -0.15) is 0 Å². The Morgan fingerprint density at radius 1 is 1.13 bits per heavy atom. The molecule has 0 aliphatic rings. The fourth-order valence-electron chi connectivity index (χ4n) is 2.28. The van der Waals surface area contributed by atoms with Gasteiger partial charge >= 0.3 is 0 Å². The molecule has 2 atom stereocenters. The van der Waals surface area contributed by atoms with Crippen molar-refractivity contribution in [3.05, 3.63) is 0 Å². The van der Waals surface area contributed by atoms with Crippen LogP contribution in [-0.2, 0) is 14.4 Å². The van der Waals surface area contributed by atoms with Crippen molar-refractivity contribution in [3.63, 3.8) is 0 Å². The summed E-state index contributed by atoms with van der Waals surface area (Å²) in [4.78, 5) is 38.7. The van der Waals surface area contributed by atoms with Gasteiger partial charge in [0.25, 0.3) is 0 Å². The molecule has 0 aliphatic carbocycles. The molecule has 3 amide bonds. The number of likely N-dealkylation sites (N-methyl/N-ethyl adjacent to an activating group) is 2. The number of carbonyl (C=O) groups is 3. The second-order valence-electron chi connectivity index (χ2n) is 6.39. The monoisotopic (exact) mass is 330 g/mol. The molecule has 23 heavy (non-hydrogen) atoms. The predicted molar refractivity (Wildman–Crippen MR) is 87.2 cm³/mol. The molecule has 0 unspecified atom stereocenters. The van der Waals surface area contributed by atoms with E-state index in [0.29, 0.717) is 12.8 Å². The highest BCUT2D eigenvalue weighted by molar-refractivity contribution is 5.91. The SMILES string of the molecule is CCCC(=O)N(C)[C@H](CN)C(=O)N(C)[C@@H](CC(C)(C)O)C(N)=O. The molecule has 0 saturated heterocycles. The zero-order valence-electron chi connectivity index (χ0n) is 14.7. The van der Waals surface area contributed by atoms with Crippen LogP contribution in [0.3, 0.4) is 0 Å². The van der Waals surface area contributed by atoms with Crippen LogP contribution in [0.15, 0.2) is 0 Å². The van der Waals surface area contributed by atoms with Crippen LogP contribution in [0, 0.1) is 0 Å². The first-order valence-electron chi connectivity index (χ1n) is 7.70. The maximum atomic E-state index is 12.6. The smallest absolute Gasteiger partial charge is 0.247 e. The van der Waals surface area contributed by atoms with E-state index in [1.165, 1.54) is 32.8 Å². The lowest BCUT2D eigenvalue weighted by Gasteiger charge is -2.35. The van der Waals surface area contributed by atoms with Crippen LogP contribution in [0.2, 0.25) is 0 Å². The average molecular weight is 330 g/mol. The first-order valence-corrected chi connectivity index (χ1v) is 7.70. The van der Waals surface area contributed by atoms with Gasteiger partial charge in [-0.25, -0.2) is 0 Å². The van der Waals surface area contributed by atoms with Gasteiger partial charge in [0.15, 0.2) is 0 Å². The summed E-state index contributed by atoms with van der Waals surface area (Å²) in [5, 5.41) is 9.90. The van der Waals surface area contributed by atoms with E-state index in [1.807, 2.05) is 6.92 Å². The lowest BCUT2D eigenvalue weighted by atomic mass is 9.97. The first-order chi connectivity index (χ1) is 10.5. The number of nitrogens with zero attached hydrogens (tertiary/aromatic N) is 2. The van der Waals surface area contributed by atoms with Crippen molar-refractivity contribution >= 4 is 17.7 Å². The predicted octanol–water partition coefficient (Wildman–Crippen LogP) is -0.954. The summed E-state index contributed by atoms with van der Waals surface area (Å²) in [6, 6.07) is -1.85. The van der Waals surface area contributed by atoms with Gasteiger partial charge in [0, 0.05) is 33.5 Å². The lowest BCUT2D eigenvalue weighted by Crippen LogP contribution is -2.57. The van der Waals surface area contributed by atoms with E-state index in [4.69, 9.17) is 11.5 Å². The summed E-state index contributed by atoms with van der Waals surface area (Å²) in [6.07, 6.45) is 0.967. The topological polar surface area (TPSA) is 130 Å². The summed E-state index contributed by atoms with van der Waals surface area (Å²) >= 11 is 0. The van der Waals surface area contributed by atoms with E-state index >= 15 is 0 Å². The van der Waals surface area contributed by atoms with Crippen molar-refractivity contribution in [3.8, 4) is 0 Å². The Kier molecular flexibility index (Phi) is 8.19. The molecule has 0 radical (unpaired) electrons. The van der Waals surface area contributed by atoms with E-state index < -0.39 is 29.5 Å². The van der Waals surface area contributed by atoms with E-state index in [9.17, 15) is 19.5 Å². The number of primary amides is 1. The fraction of sp³-hybridized carbons (Fsp3) is 0.800. The third kappa shape index (κ3) is 6.54. The van der Waals surface area contributed by atoms with Crippen LogP contribution in [0.5, 0.6) is 0 Å². The molecule has 0 aromatic rings. The van der Waals surface area contributed by atoms with E-state index in [1.54, 1.807) is 0 Å². The van der Waals surface area contributed by atoms with Gasteiger partial charge in [0.1, 0.15) is 12.1 Å². The van der Waals surface area contributed by atoms with Gasteiger partial charge in [-0.15, -0.1) is 0 Å². The van der Waals surface area contributed by atoms with Crippen LogP contribution < -0.4 is 11.5 Å². The Bertz CT molecular complexity index is 434. The maximum Gasteiger partial charge on any atom is 0.247 e. The highest BCUT2D eigenvalue weighted by Gasteiger charge is 2.35. The van der Waals surface area contributed by atoms with Gasteiger partial charge in [0.2, 0.25) is 17.7 Å².